The van der Waals surface area contributed by atoms with Gasteiger partial charge in [-0.25, -0.2) is 0 Å². The van der Waals surface area contributed by atoms with Crippen LogP contribution in [0, 0.1) is 0 Å². The van der Waals surface area contributed by atoms with E-state index >= 15 is 0 Å². The number of benzene rings is 1. The van der Waals surface area contributed by atoms with Gasteiger partial charge in [0, 0.05) is 23.8 Å². The molecule has 0 saturated carbocycles. The van der Waals surface area contributed by atoms with Gasteiger partial charge in [-0.1, -0.05) is 12.1 Å². The molecule has 0 aliphatic rings. The average molecular weight is 267 g/mol. The molecule has 0 atom stereocenters. The van der Waals surface area contributed by atoms with Crippen LogP contribution in [0.15, 0.2) is 53.3 Å². The van der Waals surface area contributed by atoms with Gasteiger partial charge in [-0.05, 0) is 31.2 Å². The fraction of sp³-hybridized carbons (Fsp3) is 0.188. The fourth-order valence-electron chi connectivity index (χ4n) is 2.42. The Morgan fingerprint density at radius 3 is 2.85 bits per heavy atom. The van der Waals surface area contributed by atoms with Crippen LogP contribution in [0.25, 0.3) is 10.9 Å². The number of furan rings is 1. The van der Waals surface area contributed by atoms with E-state index in [0.717, 1.165) is 35.4 Å². The van der Waals surface area contributed by atoms with Crippen molar-refractivity contribution in [1.82, 2.24) is 4.98 Å². The molecule has 0 unspecified atom stereocenters. The quantitative estimate of drug-likeness (QED) is 0.736. The molecule has 0 spiro atoms. The Balaban J connectivity index is 2.05. The highest BCUT2D eigenvalue weighted by molar-refractivity contribution is 5.97. The lowest BCUT2D eigenvalue weighted by Crippen LogP contribution is -2.22. The second-order valence-corrected chi connectivity index (χ2v) is 4.67. The fourth-order valence-corrected chi connectivity index (χ4v) is 2.42. The van der Waals surface area contributed by atoms with E-state index in [0.29, 0.717) is 5.69 Å². The summed E-state index contributed by atoms with van der Waals surface area (Å²) in [5.74, 6) is 0.945. The first kappa shape index (κ1) is 12.5. The van der Waals surface area contributed by atoms with E-state index in [1.807, 2.05) is 30.3 Å². The Kier molecular flexibility index (Phi) is 3.29. The van der Waals surface area contributed by atoms with Gasteiger partial charge < -0.3 is 15.1 Å². The van der Waals surface area contributed by atoms with Crippen molar-refractivity contribution >= 4 is 22.3 Å². The Morgan fingerprint density at radius 1 is 1.20 bits per heavy atom. The number of rotatable bonds is 4. The number of aromatic nitrogens is 1. The van der Waals surface area contributed by atoms with Crippen LogP contribution in [-0.4, -0.2) is 11.5 Å². The maximum absolute atomic E-state index is 6.00. The molecule has 20 heavy (non-hydrogen) atoms. The summed E-state index contributed by atoms with van der Waals surface area (Å²) < 4.78 is 5.44. The number of nitrogens with two attached hydrogens (primary N) is 1. The summed E-state index contributed by atoms with van der Waals surface area (Å²) in [6.07, 6.45) is 3.50. The molecule has 4 nitrogen and oxygen atoms in total. The van der Waals surface area contributed by atoms with Gasteiger partial charge in [-0.3, -0.25) is 4.98 Å². The summed E-state index contributed by atoms with van der Waals surface area (Å²) in [4.78, 5) is 6.63. The molecule has 3 rings (SSSR count). The highest BCUT2D eigenvalue weighted by atomic mass is 16.3. The van der Waals surface area contributed by atoms with Crippen LogP contribution >= 0.6 is 0 Å². The molecule has 2 heterocycles. The number of hydrogen-bond donors (Lipinski definition) is 1. The Bertz CT molecular complexity index is 707. The maximum Gasteiger partial charge on any atom is 0.123 e. The third-order valence-electron chi connectivity index (χ3n) is 3.43. The van der Waals surface area contributed by atoms with Crippen LogP contribution in [-0.2, 0) is 6.54 Å². The maximum atomic E-state index is 6.00. The smallest absolute Gasteiger partial charge is 0.123 e. The number of nitrogen functional groups attached to an aromatic ring is 1. The van der Waals surface area contributed by atoms with Crippen molar-refractivity contribution in [1.29, 1.82) is 0 Å². The average Bonchev–Trinajstić information content (AvgIpc) is 2.98. The van der Waals surface area contributed by atoms with E-state index < -0.39 is 0 Å². The molecule has 4 heteroatoms. The molecule has 0 amide bonds. The molecule has 0 aliphatic carbocycles. The number of para-hydroxylation sites is 1. The van der Waals surface area contributed by atoms with Crippen LogP contribution < -0.4 is 10.6 Å². The van der Waals surface area contributed by atoms with Gasteiger partial charge in [0.05, 0.1) is 24.0 Å². The van der Waals surface area contributed by atoms with Gasteiger partial charge in [0.25, 0.3) is 0 Å². The van der Waals surface area contributed by atoms with Crippen LogP contribution in [0.4, 0.5) is 11.4 Å². The van der Waals surface area contributed by atoms with E-state index in [1.165, 1.54) is 0 Å². The SMILES string of the molecule is CCN(Cc1ccco1)c1ccnc2c(N)cccc12. The Labute approximate surface area is 117 Å². The molecule has 3 aromatic rings. The molecule has 2 aromatic heterocycles. The Hall–Kier alpha value is -2.49. The first-order valence-electron chi connectivity index (χ1n) is 6.70. The molecule has 102 valence electrons. The lowest BCUT2D eigenvalue weighted by Gasteiger charge is -2.23. The van der Waals surface area contributed by atoms with Crippen molar-refractivity contribution < 1.29 is 4.42 Å². The summed E-state index contributed by atoms with van der Waals surface area (Å²) >= 11 is 0. The van der Waals surface area contributed by atoms with Crippen molar-refractivity contribution in [3.8, 4) is 0 Å². The van der Waals surface area contributed by atoms with Crippen molar-refractivity contribution in [2.75, 3.05) is 17.2 Å². The van der Waals surface area contributed by atoms with E-state index in [-0.39, 0.29) is 0 Å². The zero-order valence-electron chi connectivity index (χ0n) is 11.4. The molecule has 0 fully saturated rings. The van der Waals surface area contributed by atoms with Crippen molar-refractivity contribution in [3.05, 3.63) is 54.6 Å². The lowest BCUT2D eigenvalue weighted by molar-refractivity contribution is 0.504. The van der Waals surface area contributed by atoms with Gasteiger partial charge >= 0.3 is 0 Å². The Morgan fingerprint density at radius 2 is 2.10 bits per heavy atom. The van der Waals surface area contributed by atoms with Gasteiger partial charge in [0.2, 0.25) is 0 Å². The third-order valence-corrected chi connectivity index (χ3v) is 3.43. The first-order chi connectivity index (χ1) is 9.79. The molecule has 0 saturated heterocycles. The standard InChI is InChI=1S/C16H17N3O/c1-2-19(11-12-5-4-10-20-12)15-8-9-18-16-13(15)6-3-7-14(16)17/h3-10H,2,11,17H2,1H3. The summed E-state index contributed by atoms with van der Waals surface area (Å²) in [6, 6.07) is 11.8. The van der Waals surface area contributed by atoms with E-state index in [9.17, 15) is 0 Å². The molecule has 1 aromatic carbocycles. The minimum absolute atomic E-state index is 0.707. The first-order valence-corrected chi connectivity index (χ1v) is 6.70. The topological polar surface area (TPSA) is 55.3 Å². The lowest BCUT2D eigenvalue weighted by atomic mass is 10.1. The summed E-state index contributed by atoms with van der Waals surface area (Å²) in [7, 11) is 0. The molecular weight excluding hydrogens is 250 g/mol. The monoisotopic (exact) mass is 267 g/mol. The van der Waals surface area contributed by atoms with E-state index in [2.05, 4.69) is 22.9 Å². The molecule has 0 aliphatic heterocycles. The number of nitrogens with zero attached hydrogens (tertiary/aromatic N) is 2. The highest BCUT2D eigenvalue weighted by Gasteiger charge is 2.12. The third kappa shape index (κ3) is 2.20. The van der Waals surface area contributed by atoms with E-state index in [1.54, 1.807) is 12.5 Å². The highest BCUT2D eigenvalue weighted by Crippen LogP contribution is 2.29. The minimum Gasteiger partial charge on any atom is -0.467 e. The van der Waals surface area contributed by atoms with Crippen LogP contribution in [0.3, 0.4) is 0 Å². The predicted molar refractivity (Wildman–Crippen MR) is 81.6 cm³/mol. The summed E-state index contributed by atoms with van der Waals surface area (Å²) in [5.41, 5.74) is 8.69. The molecular formula is C16H17N3O. The van der Waals surface area contributed by atoms with Gasteiger partial charge in [-0.2, -0.15) is 0 Å². The number of hydrogen-bond acceptors (Lipinski definition) is 4. The van der Waals surface area contributed by atoms with Gasteiger partial charge in [0.1, 0.15) is 5.76 Å². The summed E-state index contributed by atoms with van der Waals surface area (Å²) in [5, 5.41) is 1.07. The van der Waals surface area contributed by atoms with E-state index in [4.69, 9.17) is 10.2 Å². The van der Waals surface area contributed by atoms with Crippen molar-refractivity contribution in [2.24, 2.45) is 0 Å². The summed E-state index contributed by atoms with van der Waals surface area (Å²) in [6.45, 7) is 3.74. The van der Waals surface area contributed by atoms with Crippen LogP contribution in [0.2, 0.25) is 0 Å². The minimum atomic E-state index is 0.707. The van der Waals surface area contributed by atoms with Crippen molar-refractivity contribution in [3.63, 3.8) is 0 Å². The van der Waals surface area contributed by atoms with Gasteiger partial charge in [-0.15, -0.1) is 0 Å². The molecule has 2 N–H and O–H groups in total. The van der Waals surface area contributed by atoms with Crippen LogP contribution in [0.1, 0.15) is 12.7 Å². The van der Waals surface area contributed by atoms with Gasteiger partial charge in [0.15, 0.2) is 0 Å². The molecule has 0 bridgehead atoms. The molecule has 0 radical (unpaired) electrons. The number of fused-ring (bicyclic) bond motifs is 1. The largest absolute Gasteiger partial charge is 0.467 e. The zero-order valence-corrected chi connectivity index (χ0v) is 11.4. The number of pyridine rings is 1. The normalized spacial score (nSPS) is 10.8. The zero-order chi connectivity index (χ0) is 13.9. The van der Waals surface area contributed by atoms with Crippen molar-refractivity contribution in [2.45, 2.75) is 13.5 Å². The predicted octanol–water partition coefficient (Wildman–Crippen LogP) is 3.44. The van der Waals surface area contributed by atoms with Crippen LogP contribution in [0.5, 0.6) is 0 Å². The second kappa shape index (κ2) is 5.25. The number of anilines is 2. The second-order valence-electron chi connectivity index (χ2n) is 4.67.